The van der Waals surface area contributed by atoms with Crippen LogP contribution in [0.1, 0.15) is 46.5 Å². The fourth-order valence-corrected chi connectivity index (χ4v) is 4.39. The van der Waals surface area contributed by atoms with Gasteiger partial charge in [-0.25, -0.2) is 0 Å². The average molecular weight is 362 g/mol. The molecule has 1 heterocycles. The number of β-amino-alcohol motifs (C(OH)–C–C–N with tert-alkyl or cyclic N) is 1. The van der Waals surface area contributed by atoms with E-state index in [1.54, 1.807) is 0 Å². The van der Waals surface area contributed by atoms with Gasteiger partial charge in [-0.2, -0.15) is 0 Å². The molecule has 1 aliphatic heterocycles. The van der Waals surface area contributed by atoms with E-state index < -0.39 is 5.60 Å². The predicted molar refractivity (Wildman–Crippen MR) is 104 cm³/mol. The lowest BCUT2D eigenvalue weighted by molar-refractivity contribution is -0.0691. The molecule has 26 heavy (non-hydrogen) atoms. The van der Waals surface area contributed by atoms with Gasteiger partial charge in [0.1, 0.15) is 18.0 Å². The predicted octanol–water partition coefficient (Wildman–Crippen LogP) is 3.73. The number of nitrogens with zero attached hydrogens (tertiary/aromatic N) is 1. The zero-order valence-corrected chi connectivity index (χ0v) is 16.6. The summed E-state index contributed by atoms with van der Waals surface area (Å²) in [7, 11) is 0. The van der Waals surface area contributed by atoms with Crippen molar-refractivity contribution < 1.29 is 14.6 Å². The third-order valence-electron chi connectivity index (χ3n) is 6.08. The van der Waals surface area contributed by atoms with E-state index in [1.807, 2.05) is 30.3 Å². The number of hydrogen-bond donors (Lipinski definition) is 1. The van der Waals surface area contributed by atoms with Gasteiger partial charge in [-0.15, -0.1) is 0 Å². The molecule has 1 N–H and O–H groups in total. The third kappa shape index (κ3) is 5.21. The summed E-state index contributed by atoms with van der Waals surface area (Å²) in [5, 5.41) is 11.1. The van der Waals surface area contributed by atoms with Gasteiger partial charge in [0.2, 0.25) is 0 Å². The van der Waals surface area contributed by atoms with E-state index in [0.29, 0.717) is 31.2 Å². The van der Waals surface area contributed by atoms with Crippen molar-refractivity contribution in [3.63, 3.8) is 0 Å². The molecule has 2 aliphatic rings. The number of aliphatic hydroxyl groups is 1. The Balaban J connectivity index is 1.57. The van der Waals surface area contributed by atoms with E-state index in [4.69, 9.17) is 9.47 Å². The van der Waals surface area contributed by atoms with Crippen LogP contribution in [0.3, 0.4) is 0 Å². The fourth-order valence-electron chi connectivity index (χ4n) is 4.39. The zero-order chi connectivity index (χ0) is 18.6. The van der Waals surface area contributed by atoms with Gasteiger partial charge in [-0.1, -0.05) is 39.0 Å². The Bertz CT molecular complexity index is 548. The van der Waals surface area contributed by atoms with Crippen LogP contribution in [0.5, 0.6) is 5.75 Å². The molecule has 146 valence electrons. The molecule has 3 rings (SSSR count). The molecule has 0 aromatic heterocycles. The summed E-state index contributed by atoms with van der Waals surface area (Å²) in [6.07, 6.45) is 5.00. The standard InChI is InChI=1S/C22H35NO3/c1-21(2,3)18-9-11-19(12-10-18)23-13-14-25-16-22(24,15-23)17-26-20-7-5-4-6-8-20/h4-8,18-19,24H,9-17H2,1-3H3/t18?,19?,22-/m1/s1. The highest BCUT2D eigenvalue weighted by atomic mass is 16.5. The van der Waals surface area contributed by atoms with Crippen molar-refractivity contribution in [1.29, 1.82) is 0 Å². The minimum atomic E-state index is -0.951. The SMILES string of the molecule is CC(C)(C)C1CCC(N2CCOC[C@@](O)(COc3ccccc3)C2)CC1. The van der Waals surface area contributed by atoms with Gasteiger partial charge < -0.3 is 14.6 Å². The molecule has 2 fully saturated rings. The van der Waals surface area contributed by atoms with Gasteiger partial charge in [-0.3, -0.25) is 4.90 Å². The van der Waals surface area contributed by atoms with Crippen molar-refractivity contribution in [1.82, 2.24) is 4.90 Å². The molecule has 0 unspecified atom stereocenters. The largest absolute Gasteiger partial charge is 0.490 e. The van der Waals surface area contributed by atoms with E-state index in [1.165, 1.54) is 25.7 Å². The summed E-state index contributed by atoms with van der Waals surface area (Å²) < 4.78 is 11.6. The van der Waals surface area contributed by atoms with Crippen LogP contribution in [0, 0.1) is 11.3 Å². The monoisotopic (exact) mass is 361 g/mol. The lowest BCUT2D eigenvalue weighted by Crippen LogP contribution is -2.52. The van der Waals surface area contributed by atoms with Gasteiger partial charge in [0.05, 0.1) is 13.2 Å². The molecular formula is C22H35NO3. The van der Waals surface area contributed by atoms with Gasteiger partial charge in [0.15, 0.2) is 0 Å². The van der Waals surface area contributed by atoms with Crippen molar-refractivity contribution in [3.05, 3.63) is 30.3 Å². The number of benzene rings is 1. The van der Waals surface area contributed by atoms with Crippen molar-refractivity contribution in [3.8, 4) is 5.75 Å². The minimum absolute atomic E-state index is 0.269. The molecule has 1 aliphatic carbocycles. The van der Waals surface area contributed by atoms with Crippen LogP contribution < -0.4 is 4.74 Å². The van der Waals surface area contributed by atoms with E-state index in [9.17, 15) is 5.11 Å². The van der Waals surface area contributed by atoms with Crippen LogP contribution in [0.25, 0.3) is 0 Å². The van der Waals surface area contributed by atoms with Crippen molar-refractivity contribution in [2.75, 3.05) is 32.9 Å². The Labute approximate surface area is 158 Å². The first kappa shape index (κ1) is 19.7. The van der Waals surface area contributed by atoms with Crippen molar-refractivity contribution >= 4 is 0 Å². The molecule has 4 nitrogen and oxygen atoms in total. The number of rotatable bonds is 4. The maximum Gasteiger partial charge on any atom is 0.134 e. The van der Waals surface area contributed by atoms with E-state index in [0.717, 1.165) is 18.2 Å². The minimum Gasteiger partial charge on any atom is -0.490 e. The molecular weight excluding hydrogens is 326 g/mol. The highest BCUT2D eigenvalue weighted by molar-refractivity contribution is 5.21. The van der Waals surface area contributed by atoms with Gasteiger partial charge in [-0.05, 0) is 49.1 Å². The smallest absolute Gasteiger partial charge is 0.134 e. The van der Waals surface area contributed by atoms with E-state index in [2.05, 4.69) is 25.7 Å². The van der Waals surface area contributed by atoms with Crippen LogP contribution in [0.2, 0.25) is 0 Å². The number of para-hydroxylation sites is 1. The normalized spacial score (nSPS) is 31.4. The molecule has 0 bridgehead atoms. The Morgan fingerprint density at radius 1 is 1.15 bits per heavy atom. The molecule has 1 aromatic carbocycles. The molecule has 1 atom stereocenters. The highest BCUT2D eigenvalue weighted by Gasteiger charge is 2.38. The Kier molecular flexibility index (Phi) is 6.26. The van der Waals surface area contributed by atoms with Crippen LogP contribution in [0.4, 0.5) is 0 Å². The molecule has 1 aromatic rings. The molecule has 4 heteroatoms. The second-order valence-corrected chi connectivity index (χ2v) is 9.22. The zero-order valence-electron chi connectivity index (χ0n) is 16.6. The maximum absolute atomic E-state index is 11.1. The second-order valence-electron chi connectivity index (χ2n) is 9.22. The Morgan fingerprint density at radius 3 is 2.50 bits per heavy atom. The van der Waals surface area contributed by atoms with E-state index in [-0.39, 0.29) is 6.61 Å². The van der Waals surface area contributed by atoms with Gasteiger partial charge in [0, 0.05) is 19.1 Å². The maximum atomic E-state index is 11.1. The quantitative estimate of drug-likeness (QED) is 0.887. The van der Waals surface area contributed by atoms with Crippen molar-refractivity contribution in [2.45, 2.75) is 58.1 Å². The van der Waals surface area contributed by atoms with Gasteiger partial charge >= 0.3 is 0 Å². The summed E-state index contributed by atoms with van der Waals surface area (Å²) in [5.74, 6) is 1.60. The molecule has 0 radical (unpaired) electrons. The second kappa shape index (κ2) is 8.28. The summed E-state index contributed by atoms with van der Waals surface area (Å²) in [6.45, 7) is 9.90. The highest BCUT2D eigenvalue weighted by Crippen LogP contribution is 2.39. The lowest BCUT2D eigenvalue weighted by Gasteiger charge is -2.42. The molecule has 1 saturated heterocycles. The lowest BCUT2D eigenvalue weighted by atomic mass is 9.71. The first-order chi connectivity index (χ1) is 12.4. The summed E-state index contributed by atoms with van der Waals surface area (Å²) in [4.78, 5) is 2.44. The van der Waals surface area contributed by atoms with Crippen LogP contribution in [-0.2, 0) is 4.74 Å². The van der Waals surface area contributed by atoms with Crippen LogP contribution in [0.15, 0.2) is 30.3 Å². The summed E-state index contributed by atoms with van der Waals surface area (Å²) >= 11 is 0. The average Bonchev–Trinajstić information content (AvgIpc) is 2.83. The Hall–Kier alpha value is -1.10. The molecule has 1 saturated carbocycles. The van der Waals surface area contributed by atoms with Crippen LogP contribution >= 0.6 is 0 Å². The fraction of sp³-hybridized carbons (Fsp3) is 0.727. The number of ether oxygens (including phenoxy) is 2. The molecule has 0 amide bonds. The van der Waals surface area contributed by atoms with Gasteiger partial charge in [0.25, 0.3) is 0 Å². The van der Waals surface area contributed by atoms with Crippen molar-refractivity contribution in [2.24, 2.45) is 11.3 Å². The summed E-state index contributed by atoms with van der Waals surface area (Å²) in [5.41, 5.74) is -0.551. The molecule has 0 spiro atoms. The first-order valence-corrected chi connectivity index (χ1v) is 10.1. The van der Waals surface area contributed by atoms with E-state index >= 15 is 0 Å². The topological polar surface area (TPSA) is 41.9 Å². The summed E-state index contributed by atoms with van der Waals surface area (Å²) in [6, 6.07) is 10.3. The van der Waals surface area contributed by atoms with Crippen LogP contribution in [-0.4, -0.2) is 54.6 Å². The Morgan fingerprint density at radius 2 is 1.85 bits per heavy atom. The third-order valence-corrected chi connectivity index (χ3v) is 6.08. The number of hydrogen-bond acceptors (Lipinski definition) is 4. The first-order valence-electron chi connectivity index (χ1n) is 10.1.